The van der Waals surface area contributed by atoms with Crippen LogP contribution in [0.15, 0.2) is 0 Å². The number of hydrogen-bond donors (Lipinski definition) is 4. The van der Waals surface area contributed by atoms with Crippen molar-refractivity contribution >= 4 is 25.4 Å². The van der Waals surface area contributed by atoms with Gasteiger partial charge in [-0.3, -0.25) is 19.1 Å². The molecule has 0 saturated heterocycles. The Kier molecular flexibility index (Phi) is 30.6. The third-order valence-electron chi connectivity index (χ3n) is 9.90. The van der Waals surface area contributed by atoms with E-state index in [0.717, 1.165) is 38.5 Å². The summed E-state index contributed by atoms with van der Waals surface area (Å²) in [4.78, 5) is 58.8. The lowest BCUT2D eigenvalue weighted by molar-refractivity contribution is -0.164. The number of carbonyl (C=O) groups is 3. The Hall–Kier alpha value is -1.28. The smallest absolute Gasteiger partial charge is 0.365 e. The highest BCUT2D eigenvalue weighted by Gasteiger charge is 2.62. The van der Waals surface area contributed by atoms with Crippen LogP contribution in [0.5, 0.6) is 0 Å². The highest BCUT2D eigenvalue weighted by atomic mass is 31.2. The zero-order chi connectivity index (χ0) is 36.6. The minimum Gasteiger partial charge on any atom is -0.479 e. The van der Waals surface area contributed by atoms with Crippen LogP contribution >= 0.6 is 7.60 Å². The molecule has 49 heavy (non-hydrogen) atoms. The Labute approximate surface area is 299 Å². The van der Waals surface area contributed by atoms with Crippen LogP contribution in [0.3, 0.4) is 0 Å². The Bertz CT molecular complexity index is 833. The number of rotatable bonds is 36. The number of nitrogens with zero attached hydrogens (tertiary/aromatic N) is 1. The number of aliphatic hydroxyl groups is 1. The van der Waals surface area contributed by atoms with E-state index in [0.29, 0.717) is 25.7 Å². The lowest BCUT2D eigenvalue weighted by Crippen LogP contribution is -2.61. The standard InChI is InChI=1S/C39H76NO8P/c1-3-5-7-9-11-13-15-17-19-21-23-25-27-29-31-33-36(42)40(39(35-41,38(44)45)49(46,47)48)37(43)34-32-30-28-26-24-22-20-18-16-14-12-10-8-6-4-2/h41H,3-35H2,1-2H3,(H,44,45)(H2,46,47,48). The number of carbonyl (C=O) groups excluding carboxylic acids is 2. The lowest BCUT2D eigenvalue weighted by Gasteiger charge is -2.37. The third-order valence-corrected chi connectivity index (χ3v) is 11.4. The number of unbranched alkanes of at least 4 members (excludes halogenated alkanes) is 28. The molecule has 9 nitrogen and oxygen atoms in total. The van der Waals surface area contributed by atoms with Crippen LogP contribution in [-0.2, 0) is 18.9 Å². The second-order valence-corrected chi connectivity index (χ2v) is 16.2. The van der Waals surface area contributed by atoms with Crippen molar-refractivity contribution in [2.75, 3.05) is 6.61 Å². The maximum absolute atomic E-state index is 13.2. The summed E-state index contributed by atoms with van der Waals surface area (Å²) in [6.07, 6.45) is 33.6. The summed E-state index contributed by atoms with van der Waals surface area (Å²) in [5.41, 5.74) is 0. The number of imide groups is 1. The number of hydrogen-bond acceptors (Lipinski definition) is 5. The lowest BCUT2D eigenvalue weighted by atomic mass is 10.0. The molecule has 4 N–H and O–H groups in total. The van der Waals surface area contributed by atoms with Gasteiger partial charge in [0, 0.05) is 12.8 Å². The van der Waals surface area contributed by atoms with Crippen molar-refractivity contribution < 1.29 is 38.9 Å². The first-order valence-corrected chi connectivity index (χ1v) is 22.0. The SMILES string of the molecule is CCCCCCCCCCCCCCCCCC(=O)N(C(=O)CCCCCCCCCCCCCCCCC)C(CO)(C(=O)O)P(=O)(O)O. The fourth-order valence-corrected chi connectivity index (χ4v) is 7.57. The van der Waals surface area contributed by atoms with Crippen LogP contribution in [0, 0.1) is 0 Å². The van der Waals surface area contributed by atoms with E-state index in [9.17, 15) is 38.9 Å². The number of carboxylic acid groups (broad SMARTS) is 1. The highest BCUT2D eigenvalue weighted by Crippen LogP contribution is 2.53. The second-order valence-electron chi connectivity index (χ2n) is 14.3. The van der Waals surface area contributed by atoms with E-state index in [4.69, 9.17) is 0 Å². The van der Waals surface area contributed by atoms with E-state index in [1.807, 2.05) is 0 Å². The molecule has 0 aliphatic carbocycles. The topological polar surface area (TPSA) is 152 Å². The molecule has 0 aromatic rings. The minimum atomic E-state index is -5.64. The van der Waals surface area contributed by atoms with Crippen LogP contribution in [-0.4, -0.2) is 54.6 Å². The molecule has 0 heterocycles. The molecule has 0 fully saturated rings. The van der Waals surface area contributed by atoms with Crippen LogP contribution in [0.2, 0.25) is 0 Å². The molecule has 1 atom stereocenters. The van der Waals surface area contributed by atoms with Crippen molar-refractivity contribution in [1.82, 2.24) is 4.90 Å². The molecule has 290 valence electrons. The van der Waals surface area contributed by atoms with Gasteiger partial charge in [-0.05, 0) is 12.8 Å². The summed E-state index contributed by atoms with van der Waals surface area (Å²) in [5.74, 6) is -4.00. The van der Waals surface area contributed by atoms with Gasteiger partial charge in [0.1, 0.15) is 0 Å². The quantitative estimate of drug-likeness (QED) is 0.0369. The Balaban J connectivity index is 4.52. The van der Waals surface area contributed by atoms with E-state index < -0.39 is 37.3 Å². The van der Waals surface area contributed by atoms with E-state index in [1.54, 1.807) is 0 Å². The van der Waals surface area contributed by atoms with Gasteiger partial charge in [-0.25, -0.2) is 4.79 Å². The molecule has 0 saturated carbocycles. The average Bonchev–Trinajstić information content (AvgIpc) is 3.06. The molecular formula is C39H76NO8P. The van der Waals surface area contributed by atoms with Crippen LogP contribution < -0.4 is 0 Å². The normalized spacial score (nSPS) is 13.0. The first-order valence-electron chi connectivity index (χ1n) is 20.4. The Morgan fingerprint density at radius 1 is 0.469 bits per heavy atom. The number of aliphatic carboxylic acids is 1. The van der Waals surface area contributed by atoms with Crippen molar-refractivity contribution in [1.29, 1.82) is 0 Å². The number of amides is 2. The van der Waals surface area contributed by atoms with Crippen molar-refractivity contribution in [2.24, 2.45) is 0 Å². The third kappa shape index (κ3) is 22.3. The van der Waals surface area contributed by atoms with Crippen molar-refractivity contribution in [3.05, 3.63) is 0 Å². The zero-order valence-electron chi connectivity index (χ0n) is 31.7. The van der Waals surface area contributed by atoms with Crippen molar-refractivity contribution in [2.45, 2.75) is 225 Å². The molecule has 0 radical (unpaired) electrons. The monoisotopic (exact) mass is 718 g/mol. The maximum Gasteiger partial charge on any atom is 0.365 e. The van der Waals surface area contributed by atoms with Crippen molar-refractivity contribution in [3.8, 4) is 0 Å². The maximum atomic E-state index is 13.2. The molecule has 0 bridgehead atoms. The van der Waals surface area contributed by atoms with Gasteiger partial charge in [0.05, 0.1) is 6.61 Å². The Morgan fingerprint density at radius 2 is 0.694 bits per heavy atom. The van der Waals surface area contributed by atoms with E-state index in [1.165, 1.54) is 128 Å². The minimum absolute atomic E-state index is 0.184. The largest absolute Gasteiger partial charge is 0.479 e. The van der Waals surface area contributed by atoms with Crippen LogP contribution in [0.4, 0.5) is 0 Å². The van der Waals surface area contributed by atoms with Crippen LogP contribution in [0.25, 0.3) is 0 Å². The fourth-order valence-electron chi connectivity index (χ4n) is 6.65. The summed E-state index contributed by atoms with van der Waals surface area (Å²) in [7, 11) is -5.64. The molecule has 0 spiro atoms. The predicted octanol–water partition coefficient (Wildman–Crippen LogP) is 10.8. The Morgan fingerprint density at radius 3 is 0.878 bits per heavy atom. The molecule has 1 unspecified atom stereocenters. The van der Waals surface area contributed by atoms with E-state index in [2.05, 4.69) is 13.8 Å². The van der Waals surface area contributed by atoms with Gasteiger partial charge in [0.2, 0.25) is 11.8 Å². The van der Waals surface area contributed by atoms with Gasteiger partial charge in [0.25, 0.3) is 5.28 Å². The summed E-state index contributed by atoms with van der Waals surface area (Å²) in [6.45, 7) is 2.91. The van der Waals surface area contributed by atoms with Gasteiger partial charge >= 0.3 is 13.6 Å². The van der Waals surface area contributed by atoms with Gasteiger partial charge in [-0.2, -0.15) is 0 Å². The summed E-state index contributed by atoms with van der Waals surface area (Å²) in [6, 6.07) is 0. The molecule has 0 aliphatic rings. The number of carboxylic acids is 1. The average molecular weight is 718 g/mol. The first-order chi connectivity index (χ1) is 23.6. The van der Waals surface area contributed by atoms with Crippen LogP contribution in [0.1, 0.15) is 219 Å². The predicted molar refractivity (Wildman–Crippen MR) is 200 cm³/mol. The van der Waals surface area contributed by atoms with Crippen molar-refractivity contribution in [3.63, 3.8) is 0 Å². The van der Waals surface area contributed by atoms with Gasteiger partial charge < -0.3 is 20.0 Å². The molecular weight excluding hydrogens is 641 g/mol. The molecule has 0 aromatic carbocycles. The summed E-state index contributed by atoms with van der Waals surface area (Å²) in [5, 5.41) is 16.5. The van der Waals surface area contributed by atoms with Gasteiger partial charge in [-0.1, -0.05) is 194 Å². The highest BCUT2D eigenvalue weighted by molar-refractivity contribution is 7.54. The summed E-state index contributed by atoms with van der Waals surface area (Å²) >= 11 is 0. The molecule has 2 amide bonds. The molecule has 0 aliphatic heterocycles. The molecule has 10 heteroatoms. The fraction of sp³-hybridized carbons (Fsp3) is 0.923. The molecule has 0 rings (SSSR count). The first kappa shape index (κ1) is 47.7. The van der Waals surface area contributed by atoms with Gasteiger partial charge in [-0.15, -0.1) is 0 Å². The number of aliphatic hydroxyl groups excluding tert-OH is 1. The summed E-state index contributed by atoms with van der Waals surface area (Å²) < 4.78 is 12.4. The van der Waals surface area contributed by atoms with Gasteiger partial charge in [0.15, 0.2) is 0 Å². The van der Waals surface area contributed by atoms with E-state index >= 15 is 0 Å². The van der Waals surface area contributed by atoms with E-state index in [-0.39, 0.29) is 17.7 Å². The molecule has 0 aromatic heterocycles. The zero-order valence-corrected chi connectivity index (χ0v) is 32.5. The second kappa shape index (κ2) is 31.5.